The van der Waals surface area contributed by atoms with E-state index in [0.29, 0.717) is 17.1 Å². The maximum atomic E-state index is 11.9. The first-order chi connectivity index (χ1) is 11.2. The van der Waals surface area contributed by atoms with Crippen LogP contribution in [0.1, 0.15) is 12.5 Å². The van der Waals surface area contributed by atoms with Crippen molar-refractivity contribution in [2.24, 2.45) is 0 Å². The molecule has 3 atom stereocenters. The van der Waals surface area contributed by atoms with Crippen LogP contribution in [0.25, 0.3) is 5.69 Å². The Kier molecular flexibility index (Phi) is 3.47. The van der Waals surface area contributed by atoms with Crippen molar-refractivity contribution in [3.05, 3.63) is 29.0 Å². The SMILES string of the molecule is COc1cccc(-n2nnn(C3CC(=O)C4OCC3O4)c2=S)c1. The molecule has 2 fully saturated rings. The Morgan fingerprint density at radius 3 is 3.09 bits per heavy atom. The van der Waals surface area contributed by atoms with E-state index in [1.54, 1.807) is 11.8 Å². The van der Waals surface area contributed by atoms with E-state index in [4.69, 9.17) is 26.4 Å². The van der Waals surface area contributed by atoms with Gasteiger partial charge in [-0.15, -0.1) is 0 Å². The molecule has 2 aliphatic rings. The number of fused-ring (bicyclic) bond motifs is 2. The molecule has 2 aromatic rings. The molecule has 0 aliphatic carbocycles. The van der Waals surface area contributed by atoms with E-state index >= 15 is 0 Å². The van der Waals surface area contributed by atoms with Gasteiger partial charge < -0.3 is 14.2 Å². The van der Waals surface area contributed by atoms with Crippen molar-refractivity contribution in [3.63, 3.8) is 0 Å². The van der Waals surface area contributed by atoms with E-state index in [1.807, 2.05) is 24.3 Å². The number of Topliss-reactive ketones (excluding diaryl/α,β-unsaturated/α-hetero) is 1. The van der Waals surface area contributed by atoms with E-state index < -0.39 is 6.29 Å². The fourth-order valence-corrected chi connectivity index (χ4v) is 3.15. The van der Waals surface area contributed by atoms with Crippen LogP contribution in [0.15, 0.2) is 24.3 Å². The van der Waals surface area contributed by atoms with Crippen molar-refractivity contribution in [1.82, 2.24) is 19.8 Å². The smallest absolute Gasteiger partial charge is 0.221 e. The molecule has 1 aromatic carbocycles. The maximum Gasteiger partial charge on any atom is 0.221 e. The van der Waals surface area contributed by atoms with Gasteiger partial charge in [-0.2, -0.15) is 4.68 Å². The molecule has 1 aromatic heterocycles. The quantitative estimate of drug-likeness (QED) is 0.777. The first-order valence-corrected chi connectivity index (χ1v) is 7.57. The topological polar surface area (TPSA) is 80.4 Å². The van der Waals surface area contributed by atoms with Crippen molar-refractivity contribution in [2.45, 2.75) is 24.9 Å². The number of ether oxygens (including phenoxy) is 3. The first kappa shape index (κ1) is 14.5. The van der Waals surface area contributed by atoms with Crippen LogP contribution < -0.4 is 4.74 Å². The lowest BCUT2D eigenvalue weighted by molar-refractivity contribution is -0.156. The molecule has 2 saturated heterocycles. The van der Waals surface area contributed by atoms with Gasteiger partial charge in [0, 0.05) is 12.5 Å². The van der Waals surface area contributed by atoms with Crippen LogP contribution in [0.3, 0.4) is 0 Å². The molecule has 0 amide bonds. The molecule has 2 bridgehead atoms. The molecule has 0 radical (unpaired) electrons. The second kappa shape index (κ2) is 5.52. The molecule has 8 nitrogen and oxygen atoms in total. The van der Waals surface area contributed by atoms with Gasteiger partial charge in [0.25, 0.3) is 0 Å². The summed E-state index contributed by atoms with van der Waals surface area (Å²) in [5.74, 6) is 0.601. The monoisotopic (exact) mass is 334 g/mol. The number of benzene rings is 1. The zero-order valence-corrected chi connectivity index (χ0v) is 13.1. The fourth-order valence-electron chi connectivity index (χ4n) is 2.84. The number of methoxy groups -OCH3 is 1. The molecule has 120 valence electrons. The Morgan fingerprint density at radius 1 is 1.39 bits per heavy atom. The van der Waals surface area contributed by atoms with E-state index in [2.05, 4.69) is 10.4 Å². The Balaban J connectivity index is 1.71. The average Bonchev–Trinajstić information content (AvgIpc) is 3.17. The highest BCUT2D eigenvalue weighted by atomic mass is 32.1. The van der Waals surface area contributed by atoms with Gasteiger partial charge in [-0.25, -0.2) is 4.68 Å². The summed E-state index contributed by atoms with van der Waals surface area (Å²) in [6.07, 6.45) is -0.695. The van der Waals surface area contributed by atoms with E-state index in [0.717, 1.165) is 5.69 Å². The van der Waals surface area contributed by atoms with Crippen LogP contribution in [0, 0.1) is 4.77 Å². The molecule has 0 spiro atoms. The standard InChI is InChI=1S/C14H14N4O4S/c1-20-9-4-2-3-8(5-9)17-14(23)18(16-15-17)10-6-11(19)13-21-7-12(10)22-13/h2-5,10,12-13H,6-7H2,1H3. The van der Waals surface area contributed by atoms with Gasteiger partial charge in [-0.1, -0.05) is 6.07 Å². The second-order valence-corrected chi connectivity index (χ2v) is 5.76. The van der Waals surface area contributed by atoms with Crippen molar-refractivity contribution in [1.29, 1.82) is 0 Å². The molecular weight excluding hydrogens is 320 g/mol. The maximum absolute atomic E-state index is 11.9. The number of ketones is 1. The Bertz CT molecular complexity index is 817. The van der Waals surface area contributed by atoms with Crippen LogP contribution in [-0.2, 0) is 14.3 Å². The van der Waals surface area contributed by atoms with Gasteiger partial charge >= 0.3 is 0 Å². The molecule has 0 N–H and O–H groups in total. The Labute approximate surface area is 136 Å². The third-order valence-electron chi connectivity index (χ3n) is 4.03. The summed E-state index contributed by atoms with van der Waals surface area (Å²) in [5.41, 5.74) is 0.740. The van der Waals surface area contributed by atoms with Crippen molar-refractivity contribution in [2.75, 3.05) is 13.7 Å². The fraction of sp³-hybridized carbons (Fsp3) is 0.429. The lowest BCUT2D eigenvalue weighted by Gasteiger charge is -2.25. The predicted octanol–water partition coefficient (Wildman–Crippen LogP) is 1.06. The highest BCUT2D eigenvalue weighted by molar-refractivity contribution is 7.71. The molecule has 4 rings (SSSR count). The minimum Gasteiger partial charge on any atom is -0.497 e. The summed E-state index contributed by atoms with van der Waals surface area (Å²) in [5, 5.41) is 8.23. The van der Waals surface area contributed by atoms with Crippen molar-refractivity contribution >= 4 is 18.0 Å². The van der Waals surface area contributed by atoms with Gasteiger partial charge in [0.2, 0.25) is 11.1 Å². The molecule has 3 unspecified atom stereocenters. The van der Waals surface area contributed by atoms with Crippen LogP contribution in [0.5, 0.6) is 5.75 Å². The Morgan fingerprint density at radius 2 is 2.26 bits per heavy atom. The minimum atomic E-state index is -0.737. The van der Waals surface area contributed by atoms with Crippen molar-refractivity contribution < 1.29 is 19.0 Å². The van der Waals surface area contributed by atoms with Gasteiger partial charge in [0.15, 0.2) is 5.78 Å². The van der Waals surface area contributed by atoms with Gasteiger partial charge in [-0.05, 0) is 34.8 Å². The van der Waals surface area contributed by atoms with Crippen LogP contribution >= 0.6 is 12.2 Å². The number of carbonyl (C=O) groups excluding carboxylic acids is 1. The normalized spacial score (nSPS) is 26.5. The van der Waals surface area contributed by atoms with Crippen LogP contribution in [0.4, 0.5) is 0 Å². The number of tetrazole rings is 1. The zero-order valence-electron chi connectivity index (χ0n) is 12.3. The van der Waals surface area contributed by atoms with Crippen LogP contribution in [0.2, 0.25) is 0 Å². The summed E-state index contributed by atoms with van der Waals surface area (Å²) >= 11 is 5.47. The summed E-state index contributed by atoms with van der Waals surface area (Å²) < 4.78 is 19.6. The lowest BCUT2D eigenvalue weighted by Crippen LogP contribution is -2.37. The summed E-state index contributed by atoms with van der Waals surface area (Å²) in [4.78, 5) is 11.9. The third kappa shape index (κ3) is 2.37. The first-order valence-electron chi connectivity index (χ1n) is 7.16. The largest absolute Gasteiger partial charge is 0.497 e. The molecule has 3 heterocycles. The highest BCUT2D eigenvalue weighted by Gasteiger charge is 2.45. The minimum absolute atomic E-state index is 0.0958. The number of nitrogens with zero attached hydrogens (tertiary/aromatic N) is 4. The number of hydrogen-bond donors (Lipinski definition) is 0. The van der Waals surface area contributed by atoms with E-state index in [-0.39, 0.29) is 24.3 Å². The zero-order chi connectivity index (χ0) is 16.0. The predicted molar refractivity (Wildman–Crippen MR) is 80.0 cm³/mol. The molecule has 9 heteroatoms. The molecule has 23 heavy (non-hydrogen) atoms. The number of carbonyl (C=O) groups is 1. The summed E-state index contributed by atoms with van der Waals surface area (Å²) in [6, 6.07) is 7.05. The second-order valence-electron chi connectivity index (χ2n) is 5.40. The van der Waals surface area contributed by atoms with Crippen molar-refractivity contribution in [3.8, 4) is 11.4 Å². The van der Waals surface area contributed by atoms with Gasteiger partial charge in [0.05, 0.1) is 25.4 Å². The molecule has 0 saturated carbocycles. The summed E-state index contributed by atoms with van der Waals surface area (Å²) in [7, 11) is 1.59. The third-order valence-corrected chi connectivity index (χ3v) is 4.39. The Hall–Kier alpha value is -2.10. The molecular formula is C14H14N4O4S. The summed E-state index contributed by atoms with van der Waals surface area (Å²) in [6.45, 7) is 0.356. The van der Waals surface area contributed by atoms with E-state index in [9.17, 15) is 4.79 Å². The van der Waals surface area contributed by atoms with Gasteiger partial charge in [0.1, 0.15) is 11.9 Å². The molecule has 2 aliphatic heterocycles. The van der Waals surface area contributed by atoms with Crippen LogP contribution in [-0.4, -0.2) is 51.7 Å². The van der Waals surface area contributed by atoms with Gasteiger partial charge in [-0.3, -0.25) is 4.79 Å². The number of hydrogen-bond acceptors (Lipinski definition) is 7. The number of rotatable bonds is 3. The number of aromatic nitrogens is 4. The average molecular weight is 334 g/mol. The lowest BCUT2D eigenvalue weighted by atomic mass is 10.0. The van der Waals surface area contributed by atoms with E-state index in [1.165, 1.54) is 4.68 Å². The highest BCUT2D eigenvalue weighted by Crippen LogP contribution is 2.32.